The number of para-hydroxylation sites is 1. The van der Waals surface area contributed by atoms with Crippen LogP contribution < -0.4 is 5.56 Å². The topological polar surface area (TPSA) is 74.2 Å². The normalized spacial score (nSPS) is 11.4. The summed E-state index contributed by atoms with van der Waals surface area (Å²) in [5.41, 5.74) is 5.99. The quantitative estimate of drug-likeness (QED) is 0.175. The number of Topliss-reactive ketones (excluding diaryl/α,β-unsaturated/α-hetero) is 1. The monoisotopic (exact) mass is 497 g/mol. The van der Waals surface area contributed by atoms with Gasteiger partial charge in [-0.05, 0) is 63.1 Å². The molecule has 182 valence electrons. The van der Waals surface area contributed by atoms with Crippen LogP contribution in [-0.4, -0.2) is 35.3 Å². The number of fused-ring (bicyclic) bond motifs is 3. The van der Waals surface area contributed by atoms with Crippen LogP contribution in [0.25, 0.3) is 22.4 Å². The summed E-state index contributed by atoms with van der Waals surface area (Å²) in [7, 11) is 0. The minimum Gasteiger partial charge on any atom is -0.345 e. The predicted molar refractivity (Wildman–Crippen MR) is 145 cm³/mol. The van der Waals surface area contributed by atoms with Gasteiger partial charge in [-0.2, -0.15) is 0 Å². The number of aryl methyl sites for hydroxylation is 3. The number of carbonyl (C=O) groups excluding carboxylic acids is 1. The molecule has 0 aliphatic rings. The first-order chi connectivity index (χ1) is 17.3. The van der Waals surface area contributed by atoms with Gasteiger partial charge >= 0.3 is 0 Å². The van der Waals surface area contributed by atoms with E-state index in [2.05, 4.69) is 21.3 Å². The van der Waals surface area contributed by atoms with Crippen LogP contribution in [0.1, 0.15) is 32.9 Å². The molecule has 0 fully saturated rings. The van der Waals surface area contributed by atoms with Crippen LogP contribution in [0, 0.1) is 27.7 Å². The number of hydrogen-bond donors (Lipinski definition) is 0. The van der Waals surface area contributed by atoms with Crippen molar-refractivity contribution in [3.63, 3.8) is 0 Å². The Morgan fingerprint density at radius 1 is 1.06 bits per heavy atom. The van der Waals surface area contributed by atoms with Gasteiger partial charge in [-0.25, -0.2) is 4.57 Å². The van der Waals surface area contributed by atoms with Crippen molar-refractivity contribution in [1.29, 1.82) is 0 Å². The van der Waals surface area contributed by atoms with Crippen molar-refractivity contribution >= 4 is 34.2 Å². The first kappa shape index (κ1) is 23.8. The summed E-state index contributed by atoms with van der Waals surface area (Å²) >= 11 is 1.32. The molecule has 36 heavy (non-hydrogen) atoms. The summed E-state index contributed by atoms with van der Waals surface area (Å²) in [5.74, 6) is 0.648. The second kappa shape index (κ2) is 9.28. The summed E-state index contributed by atoms with van der Waals surface area (Å²) in [4.78, 5) is 26.8. The lowest BCUT2D eigenvalue weighted by Gasteiger charge is -2.14. The maximum Gasteiger partial charge on any atom is 0.267 e. The number of aromatic nitrogens is 5. The van der Waals surface area contributed by atoms with Crippen LogP contribution in [0.15, 0.2) is 71.1 Å². The molecule has 0 bridgehead atoms. The molecule has 0 atom stereocenters. The molecule has 0 radical (unpaired) electrons. The summed E-state index contributed by atoms with van der Waals surface area (Å²) in [6, 6.07) is 15.4. The van der Waals surface area contributed by atoms with Crippen molar-refractivity contribution < 1.29 is 4.79 Å². The van der Waals surface area contributed by atoms with Crippen molar-refractivity contribution in [2.24, 2.45) is 0 Å². The zero-order chi connectivity index (χ0) is 25.6. The Hall–Kier alpha value is -3.91. The zero-order valence-corrected chi connectivity index (χ0v) is 21.6. The largest absolute Gasteiger partial charge is 0.345 e. The molecule has 0 amide bonds. The number of allylic oxidation sites excluding steroid dienone is 1. The highest BCUT2D eigenvalue weighted by molar-refractivity contribution is 7.99. The van der Waals surface area contributed by atoms with Crippen molar-refractivity contribution in [2.45, 2.75) is 39.4 Å². The molecule has 3 heterocycles. The molecule has 0 aliphatic carbocycles. The van der Waals surface area contributed by atoms with Gasteiger partial charge in [-0.3, -0.25) is 14.0 Å². The summed E-state index contributed by atoms with van der Waals surface area (Å²) < 4.78 is 5.57. The predicted octanol–water partition coefficient (Wildman–Crippen LogP) is 5.23. The van der Waals surface area contributed by atoms with E-state index in [-0.39, 0.29) is 17.1 Å². The SMILES string of the molecule is C=CCn1c(C)cc(C(=O)CSc2nnc3n(-c4cc(C)ccc4C)c(=O)c4ccccc4n23)c1C. The van der Waals surface area contributed by atoms with Gasteiger partial charge in [0.15, 0.2) is 10.9 Å². The average molecular weight is 498 g/mol. The molecule has 3 aromatic heterocycles. The van der Waals surface area contributed by atoms with Crippen LogP contribution >= 0.6 is 11.8 Å². The lowest BCUT2D eigenvalue weighted by atomic mass is 10.1. The lowest BCUT2D eigenvalue weighted by molar-refractivity contribution is 0.102. The Balaban J connectivity index is 1.61. The van der Waals surface area contributed by atoms with Crippen molar-refractivity contribution in [2.75, 3.05) is 5.75 Å². The van der Waals surface area contributed by atoms with E-state index in [1.807, 2.05) is 86.7 Å². The molecular formula is C28H27N5O2S. The number of ketones is 1. The number of carbonyl (C=O) groups is 1. The highest BCUT2D eigenvalue weighted by Gasteiger charge is 2.21. The minimum absolute atomic E-state index is 0.0207. The summed E-state index contributed by atoms with van der Waals surface area (Å²) in [6.07, 6.45) is 1.83. The summed E-state index contributed by atoms with van der Waals surface area (Å²) in [5, 5.41) is 9.95. The van der Waals surface area contributed by atoms with Crippen LogP contribution in [0.3, 0.4) is 0 Å². The van der Waals surface area contributed by atoms with Gasteiger partial charge in [0.05, 0.1) is 22.3 Å². The van der Waals surface area contributed by atoms with Gasteiger partial charge < -0.3 is 4.57 Å². The minimum atomic E-state index is -0.151. The third-order valence-electron chi connectivity index (χ3n) is 6.52. The van der Waals surface area contributed by atoms with Gasteiger partial charge in [-0.1, -0.05) is 42.1 Å². The van der Waals surface area contributed by atoms with E-state index in [4.69, 9.17) is 0 Å². The van der Waals surface area contributed by atoms with Crippen molar-refractivity contribution in [3.8, 4) is 5.69 Å². The molecule has 8 heteroatoms. The smallest absolute Gasteiger partial charge is 0.267 e. The fourth-order valence-electron chi connectivity index (χ4n) is 4.65. The van der Waals surface area contributed by atoms with Gasteiger partial charge in [0.1, 0.15) is 0 Å². The van der Waals surface area contributed by atoms with E-state index in [0.29, 0.717) is 33.9 Å². The molecule has 7 nitrogen and oxygen atoms in total. The van der Waals surface area contributed by atoms with E-state index >= 15 is 0 Å². The lowest BCUT2D eigenvalue weighted by Crippen LogP contribution is -2.22. The first-order valence-electron chi connectivity index (χ1n) is 11.7. The van der Waals surface area contributed by atoms with Gasteiger partial charge in [0, 0.05) is 23.5 Å². The number of nitrogens with zero attached hydrogens (tertiary/aromatic N) is 5. The number of thioether (sulfide) groups is 1. The van der Waals surface area contributed by atoms with E-state index in [1.165, 1.54) is 11.8 Å². The molecule has 2 aromatic carbocycles. The molecule has 0 aliphatic heterocycles. The number of benzene rings is 2. The Morgan fingerprint density at radius 3 is 2.61 bits per heavy atom. The molecular weight excluding hydrogens is 470 g/mol. The molecule has 0 unspecified atom stereocenters. The highest BCUT2D eigenvalue weighted by Crippen LogP contribution is 2.26. The number of rotatable bonds is 7. The molecule has 0 spiro atoms. The highest BCUT2D eigenvalue weighted by atomic mass is 32.2. The fraction of sp³-hybridized carbons (Fsp3) is 0.214. The van der Waals surface area contributed by atoms with Gasteiger partial charge in [-0.15, -0.1) is 16.8 Å². The molecule has 5 aromatic rings. The van der Waals surface area contributed by atoms with E-state index in [9.17, 15) is 9.59 Å². The third-order valence-corrected chi connectivity index (χ3v) is 7.45. The van der Waals surface area contributed by atoms with Crippen molar-refractivity contribution in [1.82, 2.24) is 23.7 Å². The maximum atomic E-state index is 13.6. The van der Waals surface area contributed by atoms with Crippen LogP contribution in [-0.2, 0) is 6.54 Å². The van der Waals surface area contributed by atoms with Crippen LogP contribution in [0.2, 0.25) is 0 Å². The number of hydrogen-bond acceptors (Lipinski definition) is 5. The summed E-state index contributed by atoms with van der Waals surface area (Å²) in [6.45, 7) is 12.4. The Kier molecular flexibility index (Phi) is 6.14. The third kappa shape index (κ3) is 3.87. The van der Waals surface area contributed by atoms with E-state index < -0.39 is 0 Å². The molecule has 5 rings (SSSR count). The van der Waals surface area contributed by atoms with E-state index in [0.717, 1.165) is 28.2 Å². The first-order valence-corrected chi connectivity index (χ1v) is 12.7. The average Bonchev–Trinajstić information content (AvgIpc) is 3.41. The standard InChI is InChI=1S/C28H27N5O2S/c1-6-13-31-19(4)15-22(20(31)5)25(34)16-36-28-30-29-27-32(24-14-17(2)11-12-18(24)3)26(35)21-9-7-8-10-23(21)33(27)28/h6-12,14-15H,1,13,16H2,2-5H3. The van der Waals surface area contributed by atoms with Gasteiger partial charge in [0.2, 0.25) is 5.78 Å². The van der Waals surface area contributed by atoms with Crippen LogP contribution in [0.4, 0.5) is 0 Å². The fourth-order valence-corrected chi connectivity index (χ4v) is 5.47. The molecule has 0 N–H and O–H groups in total. The van der Waals surface area contributed by atoms with E-state index in [1.54, 1.807) is 4.57 Å². The maximum absolute atomic E-state index is 13.6. The Bertz CT molecular complexity index is 1720. The second-order valence-corrected chi connectivity index (χ2v) is 9.90. The second-order valence-electron chi connectivity index (χ2n) is 8.96. The Labute approximate surface area is 213 Å². The van der Waals surface area contributed by atoms with Crippen LogP contribution in [0.5, 0.6) is 0 Å². The molecule has 0 saturated carbocycles. The van der Waals surface area contributed by atoms with Gasteiger partial charge in [0.25, 0.3) is 5.56 Å². The zero-order valence-electron chi connectivity index (χ0n) is 20.8. The molecule has 0 saturated heterocycles. The Morgan fingerprint density at radius 2 is 1.83 bits per heavy atom. The van der Waals surface area contributed by atoms with Crippen molar-refractivity contribution in [3.05, 3.63) is 99.6 Å².